The number of hydrogen-bond acceptors (Lipinski definition) is 2. The summed E-state index contributed by atoms with van der Waals surface area (Å²) in [5, 5.41) is 0. The number of allylic oxidation sites excluding steroid dienone is 1. The first-order chi connectivity index (χ1) is 4.43. The molecular weight excluding hydrogens is 114 g/mol. The third-order valence-electron chi connectivity index (χ3n) is 1.48. The molecule has 0 amide bonds. The van der Waals surface area contributed by atoms with Crippen LogP contribution in [0.4, 0.5) is 0 Å². The Hall–Kier alpha value is -0.880. The molecule has 0 saturated heterocycles. The van der Waals surface area contributed by atoms with Gasteiger partial charge in [0.15, 0.2) is 0 Å². The van der Waals surface area contributed by atoms with Gasteiger partial charge >= 0.3 is 0 Å². The van der Waals surface area contributed by atoms with E-state index in [1.807, 2.05) is 0 Å². The maximum absolute atomic E-state index is 9.64. The zero-order valence-corrected chi connectivity index (χ0v) is 5.26. The van der Waals surface area contributed by atoms with Crippen LogP contribution in [0, 0.1) is 0 Å². The molecule has 0 atom stereocenters. The number of carbonyl (C=O) groups excluding carboxylic acids is 1. The maximum Gasteiger partial charge on any atom is 0.235 e. The molecule has 0 N–H and O–H groups in total. The Morgan fingerprint density at radius 2 is 2.67 bits per heavy atom. The first-order valence-corrected chi connectivity index (χ1v) is 3.15. The van der Waals surface area contributed by atoms with Crippen molar-refractivity contribution in [2.45, 2.75) is 19.3 Å². The molecule has 0 radical (unpaired) electrons. The normalized spacial score (nSPS) is 16.7. The summed E-state index contributed by atoms with van der Waals surface area (Å²) in [6.45, 7) is 0.573. The fraction of sp³-hybridized carbons (Fsp3) is 0.571. The summed E-state index contributed by atoms with van der Waals surface area (Å²) in [4.78, 5) is 13.1. The van der Waals surface area contributed by atoms with E-state index in [1.54, 1.807) is 0 Å². The van der Waals surface area contributed by atoms with Crippen molar-refractivity contribution in [3.05, 3.63) is 11.6 Å². The Labute approximate surface area is 54.3 Å². The smallest absolute Gasteiger partial charge is 0.211 e. The highest BCUT2D eigenvalue weighted by molar-refractivity contribution is 5.34. The Morgan fingerprint density at radius 1 is 1.78 bits per heavy atom. The predicted octanol–water partition coefficient (Wildman–Crippen LogP) is 1.43. The van der Waals surface area contributed by atoms with Gasteiger partial charge in [0.05, 0.1) is 6.54 Å². The van der Waals surface area contributed by atoms with E-state index in [2.05, 4.69) is 11.1 Å². The van der Waals surface area contributed by atoms with Crippen molar-refractivity contribution in [2.75, 3.05) is 6.54 Å². The van der Waals surface area contributed by atoms with E-state index in [1.165, 1.54) is 18.1 Å². The molecule has 0 aromatic carbocycles. The predicted molar refractivity (Wildman–Crippen MR) is 34.9 cm³/mol. The standard InChI is InChI=1S/C7H9NO/c9-6-8-5-7-3-1-2-4-7/h3H,1-2,4-5H2. The van der Waals surface area contributed by atoms with Crippen molar-refractivity contribution in [1.82, 2.24) is 0 Å². The average molecular weight is 123 g/mol. The Morgan fingerprint density at radius 3 is 3.22 bits per heavy atom. The highest BCUT2D eigenvalue weighted by atomic mass is 16.1. The number of hydrogen-bond donors (Lipinski definition) is 0. The molecule has 0 saturated carbocycles. The topological polar surface area (TPSA) is 29.4 Å². The van der Waals surface area contributed by atoms with Gasteiger partial charge in [-0.2, -0.15) is 0 Å². The molecule has 0 unspecified atom stereocenters. The zero-order chi connectivity index (χ0) is 6.53. The molecule has 0 aromatic heterocycles. The quantitative estimate of drug-likeness (QED) is 0.310. The van der Waals surface area contributed by atoms with Gasteiger partial charge in [-0.3, -0.25) is 0 Å². The van der Waals surface area contributed by atoms with Crippen molar-refractivity contribution in [3.63, 3.8) is 0 Å². The van der Waals surface area contributed by atoms with Crippen LogP contribution in [0.1, 0.15) is 19.3 Å². The molecule has 1 rings (SSSR count). The summed E-state index contributed by atoms with van der Waals surface area (Å²) in [7, 11) is 0. The van der Waals surface area contributed by atoms with Crippen LogP contribution in [0.15, 0.2) is 16.6 Å². The summed E-state index contributed by atoms with van der Waals surface area (Å²) >= 11 is 0. The first kappa shape index (κ1) is 6.24. The largest absolute Gasteiger partial charge is 0.235 e. The van der Waals surface area contributed by atoms with E-state index in [-0.39, 0.29) is 0 Å². The number of nitrogens with zero attached hydrogens (tertiary/aromatic N) is 1. The van der Waals surface area contributed by atoms with Gasteiger partial charge in [-0.15, -0.1) is 0 Å². The number of isocyanates is 1. The summed E-state index contributed by atoms with van der Waals surface area (Å²) in [5.41, 5.74) is 1.29. The summed E-state index contributed by atoms with van der Waals surface area (Å²) in [6, 6.07) is 0. The van der Waals surface area contributed by atoms with Crippen LogP contribution in [0.2, 0.25) is 0 Å². The highest BCUT2D eigenvalue weighted by Gasteiger charge is 2.01. The van der Waals surface area contributed by atoms with Crippen molar-refractivity contribution >= 4 is 6.08 Å². The van der Waals surface area contributed by atoms with Gasteiger partial charge < -0.3 is 0 Å². The average Bonchev–Trinajstić information content (AvgIpc) is 2.34. The van der Waals surface area contributed by atoms with E-state index in [0.717, 1.165) is 12.8 Å². The second-order valence-corrected chi connectivity index (χ2v) is 2.16. The van der Waals surface area contributed by atoms with E-state index < -0.39 is 0 Å². The Kier molecular flexibility index (Phi) is 2.22. The molecule has 0 spiro atoms. The zero-order valence-electron chi connectivity index (χ0n) is 5.26. The van der Waals surface area contributed by atoms with E-state index in [0.29, 0.717) is 6.54 Å². The molecule has 9 heavy (non-hydrogen) atoms. The van der Waals surface area contributed by atoms with Crippen molar-refractivity contribution < 1.29 is 4.79 Å². The molecule has 2 nitrogen and oxygen atoms in total. The van der Waals surface area contributed by atoms with Crippen molar-refractivity contribution in [1.29, 1.82) is 0 Å². The molecule has 1 aliphatic rings. The first-order valence-electron chi connectivity index (χ1n) is 3.15. The lowest BCUT2D eigenvalue weighted by molar-refractivity contribution is 0.563. The highest BCUT2D eigenvalue weighted by Crippen LogP contribution is 2.16. The Balaban J connectivity index is 2.34. The third-order valence-corrected chi connectivity index (χ3v) is 1.48. The van der Waals surface area contributed by atoms with Crippen LogP contribution in [0.25, 0.3) is 0 Å². The van der Waals surface area contributed by atoms with Crippen LogP contribution in [0.3, 0.4) is 0 Å². The minimum atomic E-state index is 0.573. The lowest BCUT2D eigenvalue weighted by atomic mass is 10.2. The van der Waals surface area contributed by atoms with E-state index >= 15 is 0 Å². The summed E-state index contributed by atoms with van der Waals surface area (Å²) < 4.78 is 0. The summed E-state index contributed by atoms with van der Waals surface area (Å²) in [5.74, 6) is 0. The van der Waals surface area contributed by atoms with Gasteiger partial charge in [-0.1, -0.05) is 11.6 Å². The lowest BCUT2D eigenvalue weighted by Gasteiger charge is -1.89. The van der Waals surface area contributed by atoms with Gasteiger partial charge in [0.2, 0.25) is 6.08 Å². The minimum Gasteiger partial charge on any atom is -0.211 e. The molecule has 48 valence electrons. The van der Waals surface area contributed by atoms with Crippen molar-refractivity contribution in [2.24, 2.45) is 4.99 Å². The monoisotopic (exact) mass is 123 g/mol. The van der Waals surface area contributed by atoms with Crippen LogP contribution in [-0.4, -0.2) is 12.6 Å². The van der Waals surface area contributed by atoms with Gasteiger partial charge in [0.25, 0.3) is 0 Å². The summed E-state index contributed by atoms with van der Waals surface area (Å²) in [6.07, 6.45) is 7.18. The van der Waals surface area contributed by atoms with Gasteiger partial charge in [-0.25, -0.2) is 9.79 Å². The molecule has 1 aliphatic carbocycles. The van der Waals surface area contributed by atoms with Crippen molar-refractivity contribution in [3.8, 4) is 0 Å². The molecule has 0 heterocycles. The molecule has 0 aromatic rings. The maximum atomic E-state index is 9.64. The number of aliphatic imine (C=N–C) groups is 1. The fourth-order valence-electron chi connectivity index (χ4n) is 1.01. The van der Waals surface area contributed by atoms with E-state index in [4.69, 9.17) is 0 Å². The van der Waals surface area contributed by atoms with Crippen LogP contribution in [-0.2, 0) is 4.79 Å². The van der Waals surface area contributed by atoms with Crippen LogP contribution >= 0.6 is 0 Å². The third kappa shape index (κ3) is 1.82. The Bertz CT molecular complexity index is 166. The lowest BCUT2D eigenvalue weighted by Crippen LogP contribution is -1.81. The second kappa shape index (κ2) is 3.21. The molecule has 0 fully saturated rings. The fourth-order valence-corrected chi connectivity index (χ4v) is 1.01. The molecular formula is C7H9NO. The van der Waals surface area contributed by atoms with Gasteiger partial charge in [0, 0.05) is 0 Å². The van der Waals surface area contributed by atoms with Gasteiger partial charge in [0.1, 0.15) is 0 Å². The minimum absolute atomic E-state index is 0.573. The van der Waals surface area contributed by atoms with Crippen LogP contribution in [0.5, 0.6) is 0 Å². The molecule has 0 bridgehead atoms. The SMILES string of the molecule is O=C=NCC1=CCCC1. The van der Waals surface area contributed by atoms with Crippen LogP contribution < -0.4 is 0 Å². The molecule has 0 aliphatic heterocycles. The van der Waals surface area contributed by atoms with E-state index in [9.17, 15) is 4.79 Å². The number of rotatable bonds is 2. The van der Waals surface area contributed by atoms with Gasteiger partial charge in [-0.05, 0) is 19.3 Å². The second-order valence-electron chi connectivity index (χ2n) is 2.16. The molecule has 2 heteroatoms.